The van der Waals surface area contributed by atoms with Crippen LogP contribution in [0.15, 0.2) is 94.7 Å². The molecule has 56 heavy (non-hydrogen) atoms. The van der Waals surface area contributed by atoms with E-state index in [1.807, 2.05) is 6.92 Å². The highest BCUT2D eigenvalue weighted by molar-refractivity contribution is 7.93. The molecule has 0 radical (unpaired) electrons. The van der Waals surface area contributed by atoms with Gasteiger partial charge < -0.3 is 5.32 Å². The van der Waals surface area contributed by atoms with Crippen molar-refractivity contribution < 1.29 is 31.2 Å². The van der Waals surface area contributed by atoms with Crippen LogP contribution in [0.25, 0.3) is 0 Å². The fraction of sp³-hybridized carbons (Fsp3) is 0.308. The first-order chi connectivity index (χ1) is 26.6. The van der Waals surface area contributed by atoms with Gasteiger partial charge in [-0.2, -0.15) is 0 Å². The van der Waals surface area contributed by atoms with E-state index in [1.165, 1.54) is 42.5 Å². The maximum atomic E-state index is 13.1. The third kappa shape index (κ3) is 13.0. The number of hydrazine groups is 2. The van der Waals surface area contributed by atoms with Gasteiger partial charge in [0, 0.05) is 23.2 Å². The second-order valence-corrected chi connectivity index (χ2v) is 19.2. The Hall–Kier alpha value is -5.18. The summed E-state index contributed by atoms with van der Waals surface area (Å²) in [5, 5.41) is 2.90. The number of sulfonamides is 2. The van der Waals surface area contributed by atoms with Gasteiger partial charge in [-0.05, 0) is 130 Å². The van der Waals surface area contributed by atoms with E-state index < -0.39 is 31.9 Å². The number of carbonyl (C=O) groups excluding carboxylic acids is 3. The maximum absolute atomic E-state index is 13.1. The topological polar surface area (TPSA) is 204 Å². The number of carbonyl (C=O) groups is 3. The van der Waals surface area contributed by atoms with Crippen LogP contribution < -0.4 is 36.5 Å². The van der Waals surface area contributed by atoms with Crippen molar-refractivity contribution in [3.05, 3.63) is 102 Å². The van der Waals surface area contributed by atoms with E-state index >= 15 is 0 Å². The molecule has 7 N–H and O–H groups in total. The van der Waals surface area contributed by atoms with Crippen LogP contribution in [0, 0.1) is 20.8 Å². The van der Waals surface area contributed by atoms with Crippen LogP contribution in [0.5, 0.6) is 0 Å². The van der Waals surface area contributed by atoms with Crippen LogP contribution in [0.3, 0.4) is 0 Å². The molecule has 300 valence electrons. The van der Waals surface area contributed by atoms with E-state index in [0.29, 0.717) is 40.0 Å². The van der Waals surface area contributed by atoms with E-state index in [4.69, 9.17) is 0 Å². The van der Waals surface area contributed by atoms with Crippen molar-refractivity contribution >= 4 is 74.1 Å². The monoisotopic (exact) mass is 823 g/mol. The van der Waals surface area contributed by atoms with Gasteiger partial charge >= 0.3 is 11.8 Å². The number of benzene rings is 4. The van der Waals surface area contributed by atoms with Crippen molar-refractivity contribution in [3.63, 3.8) is 0 Å². The Kier molecular flexibility index (Phi) is 15.6. The zero-order valence-corrected chi connectivity index (χ0v) is 34.7. The molecule has 0 bridgehead atoms. The van der Waals surface area contributed by atoms with Crippen molar-refractivity contribution in [3.8, 4) is 0 Å². The number of unbranched alkanes of at least 4 members (excludes halogenated alkanes) is 2. The largest absolute Gasteiger partial charge is 0.329 e. The van der Waals surface area contributed by atoms with Gasteiger partial charge in [-0.1, -0.05) is 52.3 Å². The summed E-state index contributed by atoms with van der Waals surface area (Å²) in [4.78, 5) is 37.9. The molecule has 0 atom stereocenters. The highest BCUT2D eigenvalue weighted by atomic mass is 32.2. The minimum atomic E-state index is -3.96. The molecule has 4 aromatic carbocycles. The van der Waals surface area contributed by atoms with Gasteiger partial charge in [-0.25, -0.2) is 16.8 Å². The average molecular weight is 824 g/mol. The molecule has 3 amide bonds. The van der Waals surface area contributed by atoms with Gasteiger partial charge in [-0.15, -0.1) is 0 Å². The second-order valence-electron chi connectivity index (χ2n) is 13.3. The minimum absolute atomic E-state index is 0.0178. The van der Waals surface area contributed by atoms with Gasteiger partial charge in [-0.3, -0.25) is 45.5 Å². The molecule has 0 saturated heterocycles. The highest BCUT2D eigenvalue weighted by Gasteiger charge is 2.19. The van der Waals surface area contributed by atoms with E-state index in [0.717, 1.165) is 43.6 Å². The molecule has 14 nitrogen and oxygen atoms in total. The predicted molar refractivity (Wildman–Crippen MR) is 225 cm³/mol. The maximum Gasteiger partial charge on any atom is 0.329 e. The summed E-state index contributed by atoms with van der Waals surface area (Å²) in [5.41, 5.74) is 14.0. The van der Waals surface area contributed by atoms with Crippen LogP contribution in [0.1, 0.15) is 56.2 Å². The third-order valence-electron chi connectivity index (χ3n) is 8.59. The number of rotatable bonds is 19. The van der Waals surface area contributed by atoms with Gasteiger partial charge in [0.05, 0.1) is 21.2 Å². The first-order valence-electron chi connectivity index (χ1n) is 18.2. The SMILES string of the molecule is CCCCP(CCCC)CC(=O)Nc1ccc(S(=O)(=O)Nc2ccc(NNC(=O)C(=O)NNc3ccc(NS(=O)(=O)c4ccc(C)cc4)cc3C)c(C)c2)cc1. The quantitative estimate of drug-likeness (QED) is 0.0301. The Morgan fingerprint density at radius 2 is 0.982 bits per heavy atom. The molecule has 0 aliphatic rings. The Morgan fingerprint density at radius 1 is 0.571 bits per heavy atom. The van der Waals surface area contributed by atoms with E-state index in [1.54, 1.807) is 56.3 Å². The summed E-state index contributed by atoms with van der Waals surface area (Å²) in [7, 11) is -8.14. The lowest BCUT2D eigenvalue weighted by atomic mass is 10.2. The predicted octanol–water partition coefficient (Wildman–Crippen LogP) is 6.82. The van der Waals surface area contributed by atoms with Crippen molar-refractivity contribution in [2.45, 2.75) is 70.1 Å². The van der Waals surface area contributed by atoms with Crippen molar-refractivity contribution in [2.75, 3.05) is 44.1 Å². The normalized spacial score (nSPS) is 11.4. The Morgan fingerprint density at radius 3 is 1.39 bits per heavy atom. The van der Waals surface area contributed by atoms with Crippen molar-refractivity contribution in [1.82, 2.24) is 10.9 Å². The molecule has 0 unspecified atom stereocenters. The minimum Gasteiger partial charge on any atom is -0.326 e. The van der Waals surface area contributed by atoms with E-state index in [9.17, 15) is 31.2 Å². The molecule has 0 heterocycles. The van der Waals surface area contributed by atoms with Crippen LogP contribution in [-0.2, 0) is 34.4 Å². The van der Waals surface area contributed by atoms with Crippen molar-refractivity contribution in [2.24, 2.45) is 0 Å². The number of amides is 3. The molecular formula is C39H50N7O7PS2. The molecule has 0 spiro atoms. The second kappa shape index (κ2) is 20.1. The van der Waals surface area contributed by atoms with Crippen LogP contribution >= 0.6 is 7.92 Å². The molecule has 0 aliphatic heterocycles. The number of hydrogen-bond donors (Lipinski definition) is 7. The Bertz CT molecular complexity index is 2210. The van der Waals surface area contributed by atoms with Crippen molar-refractivity contribution in [1.29, 1.82) is 0 Å². The summed E-state index contributed by atoms with van der Waals surface area (Å²) in [6, 6.07) is 21.7. The van der Waals surface area contributed by atoms with Gasteiger partial charge in [0.25, 0.3) is 20.0 Å². The van der Waals surface area contributed by atoms with E-state index in [2.05, 4.69) is 50.3 Å². The van der Waals surface area contributed by atoms with Crippen LogP contribution in [-0.4, -0.2) is 53.0 Å². The molecule has 0 aromatic heterocycles. The molecular weight excluding hydrogens is 774 g/mol. The average Bonchev–Trinajstić information content (AvgIpc) is 3.15. The molecule has 0 aliphatic carbocycles. The fourth-order valence-corrected chi connectivity index (χ4v) is 10.0. The summed E-state index contributed by atoms with van der Waals surface area (Å²) >= 11 is 0. The lowest BCUT2D eigenvalue weighted by Gasteiger charge is -2.17. The third-order valence-corrected chi connectivity index (χ3v) is 14.0. The zero-order valence-electron chi connectivity index (χ0n) is 32.2. The number of hydrogen-bond acceptors (Lipinski definition) is 9. The lowest BCUT2D eigenvalue weighted by molar-refractivity contribution is -0.138. The summed E-state index contributed by atoms with van der Waals surface area (Å²) < 4.78 is 56.8. The molecule has 17 heteroatoms. The zero-order chi connectivity index (χ0) is 40.9. The smallest absolute Gasteiger partial charge is 0.326 e. The number of anilines is 5. The van der Waals surface area contributed by atoms with Crippen LogP contribution in [0.2, 0.25) is 0 Å². The van der Waals surface area contributed by atoms with E-state index in [-0.39, 0.29) is 29.3 Å². The summed E-state index contributed by atoms with van der Waals surface area (Å²) in [6.07, 6.45) is 7.07. The summed E-state index contributed by atoms with van der Waals surface area (Å²) in [6.45, 7) is 9.54. The first-order valence-corrected chi connectivity index (χ1v) is 23.0. The fourth-order valence-electron chi connectivity index (χ4n) is 5.40. The molecule has 0 fully saturated rings. The van der Waals surface area contributed by atoms with Gasteiger partial charge in [0.2, 0.25) is 5.91 Å². The highest BCUT2D eigenvalue weighted by Crippen LogP contribution is 2.37. The number of nitrogens with one attached hydrogen (secondary N) is 7. The van der Waals surface area contributed by atoms with Gasteiger partial charge in [0.1, 0.15) is 0 Å². The Labute approximate surface area is 330 Å². The Balaban J connectivity index is 1.25. The molecule has 4 rings (SSSR count). The standard InChI is InChI=1S/C39H50N7O7PS2/c1-6-8-22-54(23-9-7-2)26-37(47)40-30-12-18-34(19-13-30)56(52,53)46-32-15-21-36(29(5)25-32)42-44-39(49)38(48)43-41-35-20-14-31(24-28(35)4)45-55(50,51)33-16-10-27(3)11-17-33/h10-21,24-25,41-42,45-46H,6-9,22-23,26H2,1-5H3,(H,40,47)(H,43,48)(H,44,49). The van der Waals surface area contributed by atoms with Crippen LogP contribution in [0.4, 0.5) is 28.4 Å². The lowest BCUT2D eigenvalue weighted by Crippen LogP contribution is -2.44. The first kappa shape index (κ1) is 43.5. The molecule has 4 aromatic rings. The molecule has 0 saturated carbocycles. The number of aryl methyl sites for hydroxylation is 3. The summed E-state index contributed by atoms with van der Waals surface area (Å²) in [5.74, 6) is -2.09. The van der Waals surface area contributed by atoms with Gasteiger partial charge in [0.15, 0.2) is 0 Å².